The zero-order valence-electron chi connectivity index (χ0n) is 8.01. The average molecular weight is 176 g/mol. The molecule has 0 aromatic heterocycles. The van der Waals surface area contributed by atoms with Gasteiger partial charge in [-0.05, 0) is 48.9 Å². The third-order valence-electron chi connectivity index (χ3n) is 2.85. The summed E-state index contributed by atoms with van der Waals surface area (Å²) in [6, 6.07) is 4.63. The summed E-state index contributed by atoms with van der Waals surface area (Å²) in [4.78, 5) is 0. The van der Waals surface area contributed by atoms with Crippen LogP contribution in [0.2, 0.25) is 0 Å². The summed E-state index contributed by atoms with van der Waals surface area (Å²) < 4.78 is 0. The number of hydrogen-bond donors (Lipinski definition) is 2. The third-order valence-corrected chi connectivity index (χ3v) is 2.85. The molecule has 70 valence electrons. The largest absolute Gasteiger partial charge is 0.399 e. The Morgan fingerprint density at radius 1 is 1.31 bits per heavy atom. The highest BCUT2D eigenvalue weighted by Crippen LogP contribution is 2.25. The van der Waals surface area contributed by atoms with Crippen LogP contribution in [0.25, 0.3) is 0 Å². The lowest BCUT2D eigenvalue weighted by Crippen LogP contribution is -2.27. The highest BCUT2D eigenvalue weighted by atomic mass is 14.6. The third kappa shape index (κ3) is 1.54. The van der Waals surface area contributed by atoms with Crippen LogP contribution >= 0.6 is 0 Å². The molecule has 2 heteroatoms. The van der Waals surface area contributed by atoms with Gasteiger partial charge in [-0.1, -0.05) is 6.07 Å². The van der Waals surface area contributed by atoms with Gasteiger partial charge in [0, 0.05) is 11.7 Å². The number of fused-ring (bicyclic) bond motifs is 1. The van der Waals surface area contributed by atoms with Crippen molar-refractivity contribution < 1.29 is 0 Å². The van der Waals surface area contributed by atoms with Crippen molar-refractivity contribution >= 4 is 5.69 Å². The molecule has 0 aliphatic heterocycles. The number of aryl methyl sites for hydroxylation is 2. The van der Waals surface area contributed by atoms with Crippen molar-refractivity contribution in [2.24, 2.45) is 5.73 Å². The van der Waals surface area contributed by atoms with Gasteiger partial charge in [-0.15, -0.1) is 0 Å². The Balaban J connectivity index is 2.43. The van der Waals surface area contributed by atoms with Crippen molar-refractivity contribution in [3.8, 4) is 0 Å². The molecular formula is C11H16N2. The first-order chi connectivity index (χ1) is 6.16. The summed E-state index contributed by atoms with van der Waals surface area (Å²) in [7, 11) is 0. The molecule has 0 amide bonds. The summed E-state index contributed by atoms with van der Waals surface area (Å²) in [5, 5.41) is 0. The van der Waals surface area contributed by atoms with Crippen LogP contribution in [0.5, 0.6) is 0 Å². The Morgan fingerprint density at radius 2 is 2.08 bits per heavy atom. The highest BCUT2D eigenvalue weighted by Gasteiger charge is 2.15. The highest BCUT2D eigenvalue weighted by molar-refractivity contribution is 5.52. The predicted molar refractivity (Wildman–Crippen MR) is 55.6 cm³/mol. The van der Waals surface area contributed by atoms with Gasteiger partial charge in [0.1, 0.15) is 0 Å². The van der Waals surface area contributed by atoms with Gasteiger partial charge in [0.05, 0.1) is 0 Å². The molecule has 1 atom stereocenters. The minimum absolute atomic E-state index is 0.343. The second-order valence-electron chi connectivity index (χ2n) is 3.98. The molecule has 1 aromatic rings. The lowest BCUT2D eigenvalue weighted by molar-refractivity contribution is 0.576. The van der Waals surface area contributed by atoms with E-state index in [2.05, 4.69) is 19.1 Å². The Hall–Kier alpha value is -1.02. The van der Waals surface area contributed by atoms with Crippen LogP contribution in [0, 0.1) is 6.92 Å². The lowest BCUT2D eigenvalue weighted by atomic mass is 9.87. The van der Waals surface area contributed by atoms with Crippen molar-refractivity contribution in [2.45, 2.75) is 32.2 Å². The lowest BCUT2D eigenvalue weighted by Gasteiger charge is -2.22. The maximum Gasteiger partial charge on any atom is 0.0346 e. The fourth-order valence-electron chi connectivity index (χ4n) is 1.98. The number of benzene rings is 1. The number of anilines is 1. The maximum atomic E-state index is 5.91. The first-order valence-corrected chi connectivity index (χ1v) is 4.80. The van der Waals surface area contributed by atoms with Crippen LogP contribution < -0.4 is 11.5 Å². The van der Waals surface area contributed by atoms with Crippen molar-refractivity contribution in [3.63, 3.8) is 0 Å². The fraction of sp³-hybridized carbons (Fsp3) is 0.455. The molecule has 0 spiro atoms. The molecular weight excluding hydrogens is 160 g/mol. The van der Waals surface area contributed by atoms with Crippen molar-refractivity contribution in [2.75, 3.05) is 5.73 Å². The quantitative estimate of drug-likeness (QED) is 0.587. The minimum atomic E-state index is 0.343. The van der Waals surface area contributed by atoms with Gasteiger partial charge in [-0.25, -0.2) is 0 Å². The molecule has 0 radical (unpaired) electrons. The van der Waals surface area contributed by atoms with E-state index in [4.69, 9.17) is 11.5 Å². The van der Waals surface area contributed by atoms with Crippen LogP contribution in [-0.4, -0.2) is 6.04 Å². The summed E-state index contributed by atoms with van der Waals surface area (Å²) in [5.74, 6) is 0. The average Bonchev–Trinajstić information content (AvgIpc) is 2.08. The van der Waals surface area contributed by atoms with Crippen LogP contribution in [0.1, 0.15) is 23.1 Å². The Labute approximate surface area is 78.9 Å². The molecule has 0 bridgehead atoms. The number of hydrogen-bond acceptors (Lipinski definition) is 2. The number of rotatable bonds is 0. The van der Waals surface area contributed by atoms with Gasteiger partial charge in [-0.3, -0.25) is 0 Å². The second kappa shape index (κ2) is 3.04. The molecule has 0 fully saturated rings. The van der Waals surface area contributed by atoms with E-state index in [0.29, 0.717) is 6.04 Å². The van der Waals surface area contributed by atoms with Crippen LogP contribution in [-0.2, 0) is 12.8 Å². The zero-order valence-corrected chi connectivity index (χ0v) is 8.01. The van der Waals surface area contributed by atoms with Crippen LogP contribution in [0.3, 0.4) is 0 Å². The van der Waals surface area contributed by atoms with Crippen molar-refractivity contribution in [1.29, 1.82) is 0 Å². The van der Waals surface area contributed by atoms with E-state index >= 15 is 0 Å². The molecule has 4 N–H and O–H groups in total. The Kier molecular flexibility index (Phi) is 2.00. The summed E-state index contributed by atoms with van der Waals surface area (Å²) >= 11 is 0. The molecule has 2 rings (SSSR count). The van der Waals surface area contributed by atoms with Gasteiger partial charge in [0.25, 0.3) is 0 Å². The fourth-order valence-corrected chi connectivity index (χ4v) is 1.98. The molecule has 0 saturated heterocycles. The summed E-state index contributed by atoms with van der Waals surface area (Å²) in [5.41, 5.74) is 16.6. The van der Waals surface area contributed by atoms with Crippen LogP contribution in [0.4, 0.5) is 5.69 Å². The van der Waals surface area contributed by atoms with E-state index in [-0.39, 0.29) is 0 Å². The Bertz CT molecular complexity index is 331. The van der Waals surface area contributed by atoms with E-state index < -0.39 is 0 Å². The molecule has 1 aliphatic rings. The number of nitrogens with two attached hydrogens (primary N) is 2. The standard InChI is InChI=1S/C11H16N2/c1-7-4-9-5-10(12)3-2-8(9)6-11(7)13/h4,6,10H,2-3,5,12-13H2,1H3/t10-/m0/s1. The Morgan fingerprint density at radius 3 is 2.85 bits per heavy atom. The predicted octanol–water partition coefficient (Wildman–Crippen LogP) is 1.39. The molecule has 0 unspecified atom stereocenters. The SMILES string of the molecule is Cc1cc2c(cc1N)CC[C@H](N)C2. The first-order valence-electron chi connectivity index (χ1n) is 4.80. The minimum Gasteiger partial charge on any atom is -0.399 e. The maximum absolute atomic E-state index is 5.91. The normalized spacial score (nSPS) is 21.2. The van der Waals surface area contributed by atoms with Gasteiger partial charge < -0.3 is 11.5 Å². The van der Waals surface area contributed by atoms with E-state index in [1.54, 1.807) is 0 Å². The first kappa shape index (κ1) is 8.57. The zero-order chi connectivity index (χ0) is 9.42. The smallest absolute Gasteiger partial charge is 0.0346 e. The molecule has 2 nitrogen and oxygen atoms in total. The number of nitrogen functional groups attached to an aromatic ring is 1. The van der Waals surface area contributed by atoms with Crippen LogP contribution in [0.15, 0.2) is 12.1 Å². The summed E-state index contributed by atoms with van der Waals surface area (Å²) in [6.07, 6.45) is 3.19. The van der Waals surface area contributed by atoms with Crippen molar-refractivity contribution in [1.82, 2.24) is 0 Å². The molecule has 13 heavy (non-hydrogen) atoms. The molecule has 0 heterocycles. The topological polar surface area (TPSA) is 52.0 Å². The van der Waals surface area contributed by atoms with E-state index in [1.807, 2.05) is 0 Å². The molecule has 0 saturated carbocycles. The van der Waals surface area contributed by atoms with E-state index in [1.165, 1.54) is 16.7 Å². The van der Waals surface area contributed by atoms with Gasteiger partial charge in [0.2, 0.25) is 0 Å². The van der Waals surface area contributed by atoms with E-state index in [9.17, 15) is 0 Å². The van der Waals surface area contributed by atoms with E-state index in [0.717, 1.165) is 24.9 Å². The molecule has 1 aliphatic carbocycles. The van der Waals surface area contributed by atoms with Gasteiger partial charge in [-0.2, -0.15) is 0 Å². The van der Waals surface area contributed by atoms with Crippen molar-refractivity contribution in [3.05, 3.63) is 28.8 Å². The monoisotopic (exact) mass is 176 g/mol. The van der Waals surface area contributed by atoms with Gasteiger partial charge >= 0.3 is 0 Å². The second-order valence-corrected chi connectivity index (χ2v) is 3.98. The summed E-state index contributed by atoms with van der Waals surface area (Å²) in [6.45, 7) is 2.05. The molecule has 1 aromatic carbocycles. The van der Waals surface area contributed by atoms with Gasteiger partial charge in [0.15, 0.2) is 0 Å².